The summed E-state index contributed by atoms with van der Waals surface area (Å²) in [6.07, 6.45) is 5.55. The zero-order valence-corrected chi connectivity index (χ0v) is 19.5. The minimum Gasteiger partial charge on any atom is -0.480 e. The predicted octanol–water partition coefficient (Wildman–Crippen LogP) is 4.27. The van der Waals surface area contributed by atoms with Crippen LogP contribution in [0.2, 0.25) is 0 Å². The highest BCUT2D eigenvalue weighted by atomic mass is 16.4. The SMILES string of the molecule is CC(C)(C)N1C(=O)C2C(c3cc4ccccc4o3)NC(CC3CCCCC3)(C(=O)O)C2C1=O. The number of carboxylic acid groups (broad SMARTS) is 1. The third kappa shape index (κ3) is 3.39. The normalized spacial score (nSPS) is 30.9. The molecule has 5 rings (SSSR count). The first-order valence-electron chi connectivity index (χ1n) is 12.0. The molecule has 3 heterocycles. The van der Waals surface area contributed by atoms with E-state index >= 15 is 0 Å². The van der Waals surface area contributed by atoms with E-state index in [0.29, 0.717) is 17.8 Å². The zero-order valence-electron chi connectivity index (χ0n) is 19.5. The first-order valence-corrected chi connectivity index (χ1v) is 12.0. The number of para-hydroxylation sites is 1. The van der Waals surface area contributed by atoms with Gasteiger partial charge in [-0.25, -0.2) is 0 Å². The van der Waals surface area contributed by atoms with Crippen molar-refractivity contribution >= 4 is 28.8 Å². The molecule has 0 bridgehead atoms. The van der Waals surface area contributed by atoms with E-state index in [-0.39, 0.29) is 17.7 Å². The molecule has 1 saturated carbocycles. The van der Waals surface area contributed by atoms with Crippen LogP contribution in [0.3, 0.4) is 0 Å². The molecule has 2 aliphatic heterocycles. The summed E-state index contributed by atoms with van der Waals surface area (Å²) < 4.78 is 6.09. The van der Waals surface area contributed by atoms with Crippen LogP contribution in [-0.4, -0.2) is 38.9 Å². The van der Waals surface area contributed by atoms with Gasteiger partial charge in [-0.15, -0.1) is 0 Å². The summed E-state index contributed by atoms with van der Waals surface area (Å²) in [7, 11) is 0. The highest BCUT2D eigenvalue weighted by Crippen LogP contribution is 2.53. The maximum absolute atomic E-state index is 13.7. The fourth-order valence-corrected chi connectivity index (χ4v) is 6.38. The monoisotopic (exact) mass is 452 g/mol. The van der Waals surface area contributed by atoms with Crippen LogP contribution in [-0.2, 0) is 14.4 Å². The number of likely N-dealkylation sites (tertiary alicyclic amines) is 1. The van der Waals surface area contributed by atoms with E-state index in [1.54, 1.807) is 0 Å². The number of rotatable bonds is 4. The number of amides is 2. The molecule has 7 heteroatoms. The van der Waals surface area contributed by atoms with Gasteiger partial charge in [-0.3, -0.25) is 24.6 Å². The third-order valence-corrected chi connectivity index (χ3v) is 7.79. The summed E-state index contributed by atoms with van der Waals surface area (Å²) in [5.41, 5.74) is -1.55. The Morgan fingerprint density at radius 1 is 1.15 bits per heavy atom. The van der Waals surface area contributed by atoms with Crippen LogP contribution in [0.4, 0.5) is 0 Å². The van der Waals surface area contributed by atoms with Gasteiger partial charge in [0, 0.05) is 10.9 Å². The molecule has 4 atom stereocenters. The number of carboxylic acids is 1. The molecule has 1 aromatic carbocycles. The van der Waals surface area contributed by atoms with Gasteiger partial charge in [-0.1, -0.05) is 50.3 Å². The Labute approximate surface area is 193 Å². The topological polar surface area (TPSA) is 99.8 Å². The highest BCUT2D eigenvalue weighted by molar-refractivity contribution is 6.10. The van der Waals surface area contributed by atoms with Crippen molar-refractivity contribution in [3.63, 3.8) is 0 Å². The molecular weight excluding hydrogens is 420 g/mol. The second kappa shape index (κ2) is 7.69. The number of benzene rings is 1. The van der Waals surface area contributed by atoms with Crippen molar-refractivity contribution < 1.29 is 23.9 Å². The Kier molecular flexibility index (Phi) is 5.16. The van der Waals surface area contributed by atoms with Gasteiger partial charge in [0.1, 0.15) is 16.9 Å². The molecule has 2 saturated heterocycles. The third-order valence-electron chi connectivity index (χ3n) is 7.79. The van der Waals surface area contributed by atoms with Gasteiger partial charge in [0.15, 0.2) is 0 Å². The van der Waals surface area contributed by atoms with Crippen molar-refractivity contribution in [1.29, 1.82) is 0 Å². The molecule has 176 valence electrons. The molecule has 3 aliphatic rings. The van der Waals surface area contributed by atoms with E-state index < -0.39 is 34.9 Å². The van der Waals surface area contributed by atoms with E-state index in [1.165, 1.54) is 4.90 Å². The van der Waals surface area contributed by atoms with Crippen molar-refractivity contribution in [2.24, 2.45) is 17.8 Å². The van der Waals surface area contributed by atoms with Gasteiger partial charge in [-0.05, 0) is 45.2 Å². The molecule has 7 nitrogen and oxygen atoms in total. The number of nitrogens with zero attached hydrogens (tertiary/aromatic N) is 1. The van der Waals surface area contributed by atoms with Crippen LogP contribution in [0.5, 0.6) is 0 Å². The summed E-state index contributed by atoms with van der Waals surface area (Å²) in [6.45, 7) is 5.45. The van der Waals surface area contributed by atoms with Gasteiger partial charge in [-0.2, -0.15) is 0 Å². The van der Waals surface area contributed by atoms with Crippen molar-refractivity contribution in [2.45, 2.75) is 76.4 Å². The molecule has 2 amide bonds. The van der Waals surface area contributed by atoms with Gasteiger partial charge in [0.05, 0.1) is 17.9 Å². The second-order valence-electron chi connectivity index (χ2n) is 11.0. The largest absolute Gasteiger partial charge is 0.480 e. The van der Waals surface area contributed by atoms with Crippen LogP contribution in [0.15, 0.2) is 34.7 Å². The first-order chi connectivity index (χ1) is 15.6. The quantitative estimate of drug-likeness (QED) is 0.672. The predicted molar refractivity (Wildman–Crippen MR) is 122 cm³/mol. The minimum absolute atomic E-state index is 0.212. The van der Waals surface area contributed by atoms with E-state index in [2.05, 4.69) is 5.32 Å². The minimum atomic E-state index is -1.50. The number of aliphatic carboxylic acids is 1. The lowest BCUT2D eigenvalue weighted by molar-refractivity contribution is -0.154. The average Bonchev–Trinajstić information content (AvgIpc) is 3.40. The van der Waals surface area contributed by atoms with E-state index in [9.17, 15) is 19.5 Å². The number of hydrogen-bond acceptors (Lipinski definition) is 5. The molecule has 1 aliphatic carbocycles. The summed E-state index contributed by atoms with van der Waals surface area (Å²) in [6, 6.07) is 8.73. The number of imide groups is 1. The van der Waals surface area contributed by atoms with Crippen molar-refractivity contribution in [2.75, 3.05) is 0 Å². The Balaban J connectivity index is 1.63. The number of fused-ring (bicyclic) bond motifs is 2. The van der Waals surface area contributed by atoms with E-state index in [0.717, 1.165) is 37.5 Å². The van der Waals surface area contributed by atoms with Crippen molar-refractivity contribution in [3.05, 3.63) is 36.1 Å². The fraction of sp³-hybridized carbons (Fsp3) is 0.577. The van der Waals surface area contributed by atoms with Crippen LogP contribution < -0.4 is 5.32 Å². The summed E-state index contributed by atoms with van der Waals surface area (Å²) in [5, 5.41) is 14.8. The van der Waals surface area contributed by atoms with E-state index in [4.69, 9.17) is 4.42 Å². The lowest BCUT2D eigenvalue weighted by atomic mass is 9.72. The molecule has 4 unspecified atom stereocenters. The lowest BCUT2D eigenvalue weighted by Crippen LogP contribution is -2.58. The molecule has 2 aromatic rings. The van der Waals surface area contributed by atoms with E-state index in [1.807, 2.05) is 51.1 Å². The summed E-state index contributed by atoms with van der Waals surface area (Å²) in [5.74, 6) is -2.81. The Hall–Kier alpha value is -2.67. The smallest absolute Gasteiger partial charge is 0.324 e. The lowest BCUT2D eigenvalue weighted by Gasteiger charge is -2.37. The van der Waals surface area contributed by atoms with Crippen LogP contribution in [0.1, 0.15) is 71.1 Å². The molecule has 33 heavy (non-hydrogen) atoms. The number of carbonyl (C=O) groups excluding carboxylic acids is 2. The van der Waals surface area contributed by atoms with Crippen LogP contribution in [0.25, 0.3) is 11.0 Å². The molecule has 3 fully saturated rings. The van der Waals surface area contributed by atoms with Crippen molar-refractivity contribution in [3.8, 4) is 0 Å². The molecule has 1 aromatic heterocycles. The Morgan fingerprint density at radius 3 is 2.48 bits per heavy atom. The maximum Gasteiger partial charge on any atom is 0.324 e. The summed E-state index contributed by atoms with van der Waals surface area (Å²) >= 11 is 0. The maximum atomic E-state index is 13.7. The first kappa shape index (κ1) is 22.1. The Morgan fingerprint density at radius 2 is 1.85 bits per heavy atom. The van der Waals surface area contributed by atoms with Gasteiger partial charge in [0.2, 0.25) is 11.8 Å². The number of hydrogen-bond donors (Lipinski definition) is 2. The molecular formula is C26H32N2O5. The molecule has 0 radical (unpaired) electrons. The standard InChI is InChI=1S/C26H32N2O5/c1-25(2,3)28-22(29)19-20(23(28)30)26(24(31)32,14-15-9-5-4-6-10-15)27-21(19)18-13-16-11-7-8-12-17(16)33-18/h7-8,11-13,15,19-21,27H,4-6,9-10,14H2,1-3H3,(H,31,32). The Bertz CT molecular complexity index is 1080. The fourth-order valence-electron chi connectivity index (χ4n) is 6.38. The van der Waals surface area contributed by atoms with Gasteiger partial charge < -0.3 is 9.52 Å². The highest BCUT2D eigenvalue weighted by Gasteiger charge is 2.70. The van der Waals surface area contributed by atoms with Gasteiger partial charge >= 0.3 is 5.97 Å². The average molecular weight is 453 g/mol. The zero-order chi connectivity index (χ0) is 23.5. The van der Waals surface area contributed by atoms with Crippen LogP contribution >= 0.6 is 0 Å². The molecule has 0 spiro atoms. The van der Waals surface area contributed by atoms with Crippen molar-refractivity contribution in [1.82, 2.24) is 10.2 Å². The second-order valence-corrected chi connectivity index (χ2v) is 11.0. The van der Waals surface area contributed by atoms with Crippen LogP contribution in [0, 0.1) is 17.8 Å². The number of furan rings is 1. The number of nitrogens with one attached hydrogen (secondary N) is 1. The molecule has 2 N–H and O–H groups in total. The van der Waals surface area contributed by atoms with Gasteiger partial charge in [0.25, 0.3) is 0 Å². The number of carbonyl (C=O) groups is 3. The summed E-state index contributed by atoms with van der Waals surface area (Å²) in [4.78, 5) is 41.6.